The molecule has 0 bridgehead atoms. The molecule has 0 saturated carbocycles. The Morgan fingerprint density at radius 3 is 3.16 bits per heavy atom. The minimum Gasteiger partial charge on any atom is -0.383 e. The van der Waals surface area contributed by atoms with Crippen LogP contribution in [-0.4, -0.2) is 37.2 Å². The number of carbonyl (C=O) groups excluding carboxylic acids is 1. The summed E-state index contributed by atoms with van der Waals surface area (Å²) in [4.78, 5) is 16.1. The van der Waals surface area contributed by atoms with Crippen LogP contribution in [0.15, 0.2) is 23.7 Å². The molecule has 0 aliphatic rings. The van der Waals surface area contributed by atoms with E-state index in [0.29, 0.717) is 13.2 Å². The highest BCUT2D eigenvalue weighted by atomic mass is 32.1. The lowest BCUT2D eigenvalue weighted by Crippen LogP contribution is -2.39. The summed E-state index contributed by atoms with van der Waals surface area (Å²) in [6, 6.07) is 3.63. The summed E-state index contributed by atoms with van der Waals surface area (Å²) in [7, 11) is 1.61. The number of amides is 1. The molecule has 1 amide bonds. The average Bonchev–Trinajstić information content (AvgIpc) is 2.88. The third-order valence-corrected chi connectivity index (χ3v) is 3.61. The second kappa shape index (κ2) is 6.49. The maximum atomic E-state index is 11.8. The zero-order valence-electron chi connectivity index (χ0n) is 11.0. The van der Waals surface area contributed by atoms with Gasteiger partial charge in [0.2, 0.25) is 5.91 Å². The van der Waals surface area contributed by atoms with Gasteiger partial charge in [0.25, 0.3) is 0 Å². The first kappa shape index (κ1) is 13.8. The maximum Gasteiger partial charge on any atom is 0.242 e. The van der Waals surface area contributed by atoms with Gasteiger partial charge >= 0.3 is 0 Å². The number of nitrogens with zero attached hydrogens (tertiary/aromatic N) is 1. The van der Waals surface area contributed by atoms with Crippen molar-refractivity contribution in [3.63, 3.8) is 0 Å². The molecule has 0 aliphatic heterocycles. The molecule has 0 saturated heterocycles. The Morgan fingerprint density at radius 2 is 2.37 bits per heavy atom. The van der Waals surface area contributed by atoms with Crippen molar-refractivity contribution in [3.05, 3.63) is 23.7 Å². The fourth-order valence-electron chi connectivity index (χ4n) is 1.71. The lowest BCUT2D eigenvalue weighted by molar-refractivity contribution is -0.121. The molecule has 0 aliphatic carbocycles. The van der Waals surface area contributed by atoms with Gasteiger partial charge in [-0.1, -0.05) is 0 Å². The number of aromatic nitrogens is 1. The van der Waals surface area contributed by atoms with Crippen LogP contribution in [0.4, 0.5) is 5.82 Å². The number of carbonyl (C=O) groups is 1. The maximum absolute atomic E-state index is 11.8. The van der Waals surface area contributed by atoms with Crippen molar-refractivity contribution < 1.29 is 9.53 Å². The fourth-order valence-corrected chi connectivity index (χ4v) is 2.49. The Hall–Kier alpha value is -1.66. The second-order valence-corrected chi connectivity index (χ2v) is 5.09. The van der Waals surface area contributed by atoms with Gasteiger partial charge in [0.05, 0.1) is 6.61 Å². The molecule has 6 heteroatoms. The van der Waals surface area contributed by atoms with Crippen molar-refractivity contribution in [1.82, 2.24) is 10.3 Å². The highest BCUT2D eigenvalue weighted by Crippen LogP contribution is 2.26. The summed E-state index contributed by atoms with van der Waals surface area (Å²) >= 11 is 1.66. The topological polar surface area (TPSA) is 63.2 Å². The number of anilines is 1. The monoisotopic (exact) mass is 279 g/mol. The lowest BCUT2D eigenvalue weighted by atomic mass is 10.2. The molecule has 0 aromatic carbocycles. The third-order valence-electron chi connectivity index (χ3n) is 2.73. The van der Waals surface area contributed by atoms with Gasteiger partial charge in [-0.05, 0) is 24.4 Å². The van der Waals surface area contributed by atoms with E-state index in [1.165, 1.54) is 0 Å². The van der Waals surface area contributed by atoms with E-state index in [2.05, 4.69) is 15.6 Å². The largest absolute Gasteiger partial charge is 0.383 e. The van der Waals surface area contributed by atoms with Crippen molar-refractivity contribution in [2.75, 3.05) is 25.6 Å². The van der Waals surface area contributed by atoms with E-state index in [1.54, 1.807) is 24.6 Å². The molecule has 102 valence electrons. The first-order valence-electron chi connectivity index (χ1n) is 6.07. The summed E-state index contributed by atoms with van der Waals surface area (Å²) in [5.41, 5.74) is 0. The summed E-state index contributed by atoms with van der Waals surface area (Å²) < 4.78 is 6.05. The Morgan fingerprint density at radius 1 is 1.53 bits per heavy atom. The molecule has 2 rings (SSSR count). The molecular weight excluding hydrogens is 262 g/mol. The van der Waals surface area contributed by atoms with Crippen molar-refractivity contribution in [3.8, 4) is 0 Å². The molecule has 0 fully saturated rings. The first-order chi connectivity index (χ1) is 9.22. The molecule has 0 spiro atoms. The van der Waals surface area contributed by atoms with Crippen molar-refractivity contribution in [1.29, 1.82) is 0 Å². The van der Waals surface area contributed by atoms with Crippen LogP contribution in [0.2, 0.25) is 0 Å². The minimum absolute atomic E-state index is 0.0638. The predicted molar refractivity (Wildman–Crippen MR) is 77.6 cm³/mol. The van der Waals surface area contributed by atoms with E-state index in [1.807, 2.05) is 24.4 Å². The Kier molecular flexibility index (Phi) is 4.70. The normalized spacial score (nSPS) is 12.3. The number of thiophene rings is 1. The third kappa shape index (κ3) is 3.42. The van der Waals surface area contributed by atoms with E-state index >= 15 is 0 Å². The zero-order chi connectivity index (χ0) is 13.7. The SMILES string of the molecule is COCCNC(=O)C(C)Nc1nccc2sccc12. The second-order valence-electron chi connectivity index (χ2n) is 4.14. The van der Waals surface area contributed by atoms with Crippen LogP contribution in [0.25, 0.3) is 10.1 Å². The quantitative estimate of drug-likeness (QED) is 0.792. The fraction of sp³-hybridized carbons (Fsp3) is 0.385. The van der Waals surface area contributed by atoms with E-state index in [9.17, 15) is 4.79 Å². The van der Waals surface area contributed by atoms with Gasteiger partial charge in [0, 0.05) is 29.9 Å². The van der Waals surface area contributed by atoms with Crippen LogP contribution in [-0.2, 0) is 9.53 Å². The number of fused-ring (bicyclic) bond motifs is 1. The van der Waals surface area contributed by atoms with Crippen molar-refractivity contribution >= 4 is 33.1 Å². The molecule has 2 heterocycles. The molecule has 19 heavy (non-hydrogen) atoms. The average molecular weight is 279 g/mol. The van der Waals surface area contributed by atoms with E-state index in [4.69, 9.17) is 4.74 Å². The van der Waals surface area contributed by atoms with Gasteiger partial charge in [-0.2, -0.15) is 0 Å². The summed E-state index contributed by atoms with van der Waals surface area (Å²) in [5.74, 6) is 0.680. The first-order valence-corrected chi connectivity index (χ1v) is 6.95. The predicted octanol–water partition coefficient (Wildman–Crippen LogP) is 1.86. The number of rotatable bonds is 6. The molecule has 5 nitrogen and oxygen atoms in total. The van der Waals surface area contributed by atoms with Crippen LogP contribution < -0.4 is 10.6 Å². The van der Waals surface area contributed by atoms with Gasteiger partial charge in [-0.15, -0.1) is 11.3 Å². The number of hydrogen-bond acceptors (Lipinski definition) is 5. The number of methoxy groups -OCH3 is 1. The van der Waals surface area contributed by atoms with Crippen LogP contribution >= 0.6 is 11.3 Å². The number of hydrogen-bond donors (Lipinski definition) is 2. The van der Waals surface area contributed by atoms with Crippen molar-refractivity contribution in [2.24, 2.45) is 0 Å². The van der Waals surface area contributed by atoms with Gasteiger partial charge in [-0.3, -0.25) is 4.79 Å². The Labute approximate surface area is 116 Å². The summed E-state index contributed by atoms with van der Waals surface area (Å²) in [6.45, 7) is 2.84. The van der Waals surface area contributed by atoms with Crippen LogP contribution in [0, 0.1) is 0 Å². The Bertz CT molecular complexity index is 556. The summed E-state index contributed by atoms with van der Waals surface area (Å²) in [5, 5.41) is 8.99. The molecular formula is C13H17N3O2S. The van der Waals surface area contributed by atoms with Crippen LogP contribution in [0.3, 0.4) is 0 Å². The van der Waals surface area contributed by atoms with Gasteiger partial charge in [0.15, 0.2) is 0 Å². The van der Waals surface area contributed by atoms with Gasteiger partial charge < -0.3 is 15.4 Å². The molecule has 1 atom stereocenters. The van der Waals surface area contributed by atoms with E-state index < -0.39 is 0 Å². The molecule has 2 aromatic heterocycles. The lowest BCUT2D eigenvalue weighted by Gasteiger charge is -2.15. The van der Waals surface area contributed by atoms with E-state index in [-0.39, 0.29) is 11.9 Å². The zero-order valence-corrected chi connectivity index (χ0v) is 11.8. The van der Waals surface area contributed by atoms with Crippen molar-refractivity contribution in [2.45, 2.75) is 13.0 Å². The highest BCUT2D eigenvalue weighted by molar-refractivity contribution is 7.17. The van der Waals surface area contributed by atoms with Gasteiger partial charge in [-0.25, -0.2) is 4.98 Å². The molecule has 1 unspecified atom stereocenters. The molecule has 2 N–H and O–H groups in total. The standard InChI is InChI=1S/C13H17N3O2S/c1-9(13(17)15-6-7-18-2)16-12-10-4-8-19-11(10)3-5-14-12/h3-5,8-9H,6-7H2,1-2H3,(H,14,16)(H,15,17). The highest BCUT2D eigenvalue weighted by Gasteiger charge is 2.14. The smallest absolute Gasteiger partial charge is 0.242 e. The Balaban J connectivity index is 2.00. The number of pyridine rings is 1. The molecule has 2 aromatic rings. The van der Waals surface area contributed by atoms with Crippen LogP contribution in [0.5, 0.6) is 0 Å². The minimum atomic E-state index is -0.338. The number of ether oxygens (including phenoxy) is 1. The van der Waals surface area contributed by atoms with Gasteiger partial charge in [0.1, 0.15) is 11.9 Å². The van der Waals surface area contributed by atoms with E-state index in [0.717, 1.165) is 15.9 Å². The number of nitrogens with one attached hydrogen (secondary N) is 2. The van der Waals surface area contributed by atoms with Crippen LogP contribution in [0.1, 0.15) is 6.92 Å². The summed E-state index contributed by atoms with van der Waals surface area (Å²) in [6.07, 6.45) is 1.75. The molecule has 0 radical (unpaired) electrons.